The number of benzene rings is 2. The average molecular weight is 542 g/mol. The molecule has 4 N–H and O–H groups in total. The van der Waals surface area contributed by atoms with Crippen molar-refractivity contribution in [2.75, 3.05) is 0 Å². The van der Waals surface area contributed by atoms with Crippen LogP contribution in [0.3, 0.4) is 0 Å². The second-order valence-electron chi connectivity index (χ2n) is 10.4. The van der Waals surface area contributed by atoms with Gasteiger partial charge in [0.1, 0.15) is 21.9 Å². The molecule has 6 rings (SSSR count). The van der Waals surface area contributed by atoms with Gasteiger partial charge in [-0.05, 0) is 37.8 Å². The molecule has 9 heteroatoms. The van der Waals surface area contributed by atoms with Crippen LogP contribution < -0.4 is 5.73 Å². The van der Waals surface area contributed by atoms with E-state index in [-0.39, 0.29) is 0 Å². The van der Waals surface area contributed by atoms with Gasteiger partial charge in [-0.2, -0.15) is 0 Å². The Morgan fingerprint density at radius 1 is 0.921 bits per heavy atom. The van der Waals surface area contributed by atoms with E-state index < -0.39 is 16.7 Å². The summed E-state index contributed by atoms with van der Waals surface area (Å²) in [5, 5.41) is 22.8. The molecule has 0 amide bonds. The van der Waals surface area contributed by atoms with Gasteiger partial charge in [0, 0.05) is 35.3 Å². The molecule has 1 unspecified atom stereocenters. The van der Waals surface area contributed by atoms with E-state index in [1.807, 2.05) is 37.3 Å². The number of aromatic nitrogens is 4. The zero-order valence-electron chi connectivity index (χ0n) is 21.0. The molecule has 0 aliphatic heterocycles. The normalized spacial score (nSPS) is 22.6. The van der Waals surface area contributed by atoms with Crippen LogP contribution in [0.25, 0.3) is 31.6 Å². The quantitative estimate of drug-likeness (QED) is 0.265. The van der Waals surface area contributed by atoms with Crippen molar-refractivity contribution in [1.29, 1.82) is 0 Å². The summed E-state index contributed by atoms with van der Waals surface area (Å²) in [5.74, 6) is 0. The number of hydrogen-bond acceptors (Lipinski definition) is 9. The van der Waals surface area contributed by atoms with Gasteiger partial charge < -0.3 is 15.9 Å². The highest BCUT2D eigenvalue weighted by Crippen LogP contribution is 2.47. The SMILES string of the molecule is CC(O)(c1cncnc1)c1ncc(-c2nc(-c3ccc([C@]4(N)C[C@](C)(O)C4)cc3)c(-c3ccccc3)s2)s1. The second-order valence-corrected chi connectivity index (χ2v) is 12.4. The van der Waals surface area contributed by atoms with E-state index in [2.05, 4.69) is 39.2 Å². The number of hydrogen-bond donors (Lipinski definition) is 3. The van der Waals surface area contributed by atoms with Gasteiger partial charge in [-0.1, -0.05) is 54.6 Å². The first-order valence-corrected chi connectivity index (χ1v) is 13.9. The maximum Gasteiger partial charge on any atom is 0.141 e. The topological polar surface area (TPSA) is 118 Å². The number of nitrogens with zero attached hydrogens (tertiary/aromatic N) is 4. The van der Waals surface area contributed by atoms with E-state index >= 15 is 0 Å². The Kier molecular flexibility index (Phi) is 6.01. The van der Waals surface area contributed by atoms with Crippen molar-refractivity contribution in [2.45, 2.75) is 43.4 Å². The summed E-state index contributed by atoms with van der Waals surface area (Å²) < 4.78 is 0. The third-order valence-corrected chi connectivity index (χ3v) is 9.53. The molecule has 0 saturated heterocycles. The zero-order chi connectivity index (χ0) is 26.5. The molecule has 1 saturated carbocycles. The van der Waals surface area contributed by atoms with E-state index in [9.17, 15) is 10.2 Å². The first kappa shape index (κ1) is 25.0. The van der Waals surface area contributed by atoms with Crippen LogP contribution in [-0.2, 0) is 11.1 Å². The molecular formula is C29H27N5O2S2. The molecule has 5 aromatic rings. The van der Waals surface area contributed by atoms with Crippen LogP contribution in [0.1, 0.15) is 42.8 Å². The van der Waals surface area contributed by atoms with Gasteiger partial charge in [-0.25, -0.2) is 19.9 Å². The summed E-state index contributed by atoms with van der Waals surface area (Å²) in [5.41, 5.74) is 8.59. The minimum atomic E-state index is -1.31. The molecule has 3 heterocycles. The molecule has 0 spiro atoms. The summed E-state index contributed by atoms with van der Waals surface area (Å²) in [4.78, 5) is 19.6. The molecule has 1 atom stereocenters. The molecule has 2 aromatic carbocycles. The molecule has 38 heavy (non-hydrogen) atoms. The van der Waals surface area contributed by atoms with Crippen molar-refractivity contribution < 1.29 is 10.2 Å². The minimum Gasteiger partial charge on any atom is -0.390 e. The Labute approximate surface area is 228 Å². The van der Waals surface area contributed by atoms with Crippen LogP contribution in [0.2, 0.25) is 0 Å². The molecular weight excluding hydrogens is 514 g/mol. The standard InChI is InChI=1S/C29H27N5O2S2/c1-27(35)15-29(30,16-27)20-10-8-18(9-11-20)23-24(19-6-4-3-5-7-19)38-25(34-23)22-14-33-26(37-22)28(2,36)21-12-31-17-32-13-21/h3-14,17,35-36H,15-16,30H2,1-2H3/t27-,28?,29-. The van der Waals surface area contributed by atoms with Crippen molar-refractivity contribution in [1.82, 2.24) is 19.9 Å². The third-order valence-electron chi connectivity index (χ3n) is 7.04. The molecule has 3 aromatic heterocycles. The predicted octanol–water partition coefficient (Wildman–Crippen LogP) is 5.35. The Bertz CT molecular complexity index is 1570. The number of nitrogens with two attached hydrogens (primary N) is 1. The van der Waals surface area contributed by atoms with Gasteiger partial charge in [-0.3, -0.25) is 0 Å². The summed E-state index contributed by atoms with van der Waals surface area (Å²) in [6, 6.07) is 18.4. The van der Waals surface area contributed by atoms with E-state index in [1.165, 1.54) is 17.7 Å². The van der Waals surface area contributed by atoms with E-state index in [0.29, 0.717) is 23.4 Å². The second kappa shape index (κ2) is 9.14. The van der Waals surface area contributed by atoms with Crippen LogP contribution in [0, 0.1) is 0 Å². The van der Waals surface area contributed by atoms with Gasteiger partial charge in [0.25, 0.3) is 0 Å². The highest BCUT2D eigenvalue weighted by Gasteiger charge is 2.49. The Balaban J connectivity index is 1.37. The molecule has 1 fully saturated rings. The van der Waals surface area contributed by atoms with Crippen molar-refractivity contribution in [3.8, 4) is 31.6 Å². The van der Waals surface area contributed by atoms with Gasteiger partial charge in [0.15, 0.2) is 0 Å². The fourth-order valence-corrected chi connectivity index (χ4v) is 7.27. The van der Waals surface area contributed by atoms with Crippen LogP contribution in [0.15, 0.2) is 79.5 Å². The van der Waals surface area contributed by atoms with Crippen LogP contribution >= 0.6 is 22.7 Å². The molecule has 1 aliphatic carbocycles. The van der Waals surface area contributed by atoms with Crippen molar-refractivity contribution in [2.24, 2.45) is 5.73 Å². The monoisotopic (exact) mass is 541 g/mol. The van der Waals surface area contributed by atoms with E-state index in [0.717, 1.165) is 37.1 Å². The Hall–Kier alpha value is -3.34. The number of thiazole rings is 2. The highest BCUT2D eigenvalue weighted by atomic mass is 32.1. The van der Waals surface area contributed by atoms with Gasteiger partial charge in [0.05, 0.1) is 21.0 Å². The lowest BCUT2D eigenvalue weighted by molar-refractivity contribution is -0.0738. The van der Waals surface area contributed by atoms with E-state index in [4.69, 9.17) is 10.7 Å². The lowest BCUT2D eigenvalue weighted by Gasteiger charge is -2.49. The summed E-state index contributed by atoms with van der Waals surface area (Å²) in [6.07, 6.45) is 7.49. The molecule has 192 valence electrons. The van der Waals surface area contributed by atoms with Gasteiger partial charge in [0.2, 0.25) is 0 Å². The number of rotatable bonds is 6. The van der Waals surface area contributed by atoms with E-state index in [1.54, 1.807) is 36.9 Å². The highest BCUT2D eigenvalue weighted by molar-refractivity contribution is 7.23. The predicted molar refractivity (Wildman–Crippen MR) is 151 cm³/mol. The van der Waals surface area contributed by atoms with Crippen molar-refractivity contribution in [3.63, 3.8) is 0 Å². The molecule has 7 nitrogen and oxygen atoms in total. The maximum absolute atomic E-state index is 11.2. The first-order valence-electron chi connectivity index (χ1n) is 12.3. The smallest absolute Gasteiger partial charge is 0.141 e. The van der Waals surface area contributed by atoms with Crippen LogP contribution in [-0.4, -0.2) is 35.8 Å². The molecule has 0 bridgehead atoms. The van der Waals surface area contributed by atoms with Crippen LogP contribution in [0.4, 0.5) is 0 Å². The molecule has 0 radical (unpaired) electrons. The summed E-state index contributed by atoms with van der Waals surface area (Å²) in [7, 11) is 0. The fourth-order valence-electron chi connectivity index (χ4n) is 5.15. The first-order chi connectivity index (χ1) is 18.1. The Morgan fingerprint density at radius 2 is 1.61 bits per heavy atom. The molecule has 1 aliphatic rings. The fraction of sp³-hybridized carbons (Fsp3) is 0.241. The number of aliphatic hydroxyl groups is 2. The van der Waals surface area contributed by atoms with Crippen LogP contribution in [0.5, 0.6) is 0 Å². The zero-order valence-corrected chi connectivity index (χ0v) is 22.6. The largest absolute Gasteiger partial charge is 0.390 e. The lowest BCUT2D eigenvalue weighted by Crippen LogP contribution is -2.58. The minimum absolute atomic E-state index is 0.503. The average Bonchev–Trinajstić information content (AvgIpc) is 3.57. The van der Waals surface area contributed by atoms with Crippen molar-refractivity contribution in [3.05, 3.63) is 95.6 Å². The maximum atomic E-state index is 11.2. The summed E-state index contributed by atoms with van der Waals surface area (Å²) in [6.45, 7) is 3.53. The Morgan fingerprint density at radius 3 is 2.26 bits per heavy atom. The van der Waals surface area contributed by atoms with Gasteiger partial charge >= 0.3 is 0 Å². The van der Waals surface area contributed by atoms with Crippen molar-refractivity contribution >= 4 is 22.7 Å². The lowest BCUT2D eigenvalue weighted by atomic mass is 9.63. The van der Waals surface area contributed by atoms with Gasteiger partial charge in [-0.15, -0.1) is 22.7 Å². The third kappa shape index (κ3) is 4.46. The summed E-state index contributed by atoms with van der Waals surface area (Å²) >= 11 is 3.01.